The third-order valence-corrected chi connectivity index (χ3v) is 4.43. The van der Waals surface area contributed by atoms with Gasteiger partial charge in [-0.2, -0.15) is 0 Å². The van der Waals surface area contributed by atoms with Crippen molar-refractivity contribution >= 4 is 18.3 Å². The summed E-state index contributed by atoms with van der Waals surface area (Å²) in [6, 6.07) is 19.7. The molecule has 128 valence electrons. The third kappa shape index (κ3) is 4.28. The fourth-order valence-corrected chi connectivity index (χ4v) is 3.14. The molecule has 1 saturated heterocycles. The monoisotopic (exact) mass is 346 g/mol. The maximum absolute atomic E-state index is 12.4. The van der Waals surface area contributed by atoms with Gasteiger partial charge in [-0.05, 0) is 30.2 Å². The van der Waals surface area contributed by atoms with Gasteiger partial charge in [0.1, 0.15) is 5.75 Å². The highest BCUT2D eigenvalue weighted by molar-refractivity contribution is 5.85. The first-order chi connectivity index (χ1) is 11.3. The van der Waals surface area contributed by atoms with Crippen molar-refractivity contribution in [3.63, 3.8) is 0 Å². The minimum Gasteiger partial charge on any atom is -0.484 e. The topological polar surface area (TPSA) is 55.6 Å². The van der Waals surface area contributed by atoms with Crippen LogP contribution in [-0.2, 0) is 4.79 Å². The number of rotatable bonds is 5. The van der Waals surface area contributed by atoms with E-state index in [1.165, 1.54) is 5.56 Å². The Kier molecular flexibility index (Phi) is 6.64. The van der Waals surface area contributed by atoms with E-state index in [0.29, 0.717) is 31.5 Å². The Hall–Kier alpha value is -2.04. The zero-order valence-corrected chi connectivity index (χ0v) is 14.3. The van der Waals surface area contributed by atoms with Crippen molar-refractivity contribution in [1.82, 2.24) is 4.90 Å². The number of ether oxygens (including phenoxy) is 1. The summed E-state index contributed by atoms with van der Waals surface area (Å²) in [6.07, 6.45) is 0. The predicted octanol–water partition coefficient (Wildman–Crippen LogP) is 2.69. The molecular formula is C19H23ClN2O2. The minimum absolute atomic E-state index is 0. The molecule has 5 heteroatoms. The molecule has 0 aromatic heterocycles. The van der Waals surface area contributed by atoms with Crippen LogP contribution in [0.3, 0.4) is 0 Å². The van der Waals surface area contributed by atoms with Gasteiger partial charge in [-0.25, -0.2) is 0 Å². The molecule has 1 fully saturated rings. The van der Waals surface area contributed by atoms with E-state index in [-0.39, 0.29) is 24.9 Å². The quantitative estimate of drug-likeness (QED) is 0.905. The maximum Gasteiger partial charge on any atom is 0.260 e. The molecule has 1 heterocycles. The third-order valence-electron chi connectivity index (χ3n) is 4.43. The molecule has 2 aromatic rings. The predicted molar refractivity (Wildman–Crippen MR) is 97.5 cm³/mol. The number of likely N-dealkylation sites (tertiary alicyclic amines) is 1. The van der Waals surface area contributed by atoms with Crippen molar-refractivity contribution in [3.05, 3.63) is 66.2 Å². The molecule has 2 N–H and O–H groups in total. The fourth-order valence-electron chi connectivity index (χ4n) is 3.14. The molecule has 0 bridgehead atoms. The highest BCUT2D eigenvalue weighted by atomic mass is 35.5. The van der Waals surface area contributed by atoms with Gasteiger partial charge in [0.15, 0.2) is 6.61 Å². The zero-order valence-electron chi connectivity index (χ0n) is 13.5. The van der Waals surface area contributed by atoms with Gasteiger partial charge < -0.3 is 15.4 Å². The second kappa shape index (κ2) is 8.71. The highest BCUT2D eigenvalue weighted by Crippen LogP contribution is 2.32. The van der Waals surface area contributed by atoms with E-state index in [0.717, 1.165) is 5.75 Å². The zero-order chi connectivity index (χ0) is 16.1. The largest absolute Gasteiger partial charge is 0.484 e. The second-order valence-electron chi connectivity index (χ2n) is 5.91. The van der Waals surface area contributed by atoms with Crippen molar-refractivity contribution in [2.45, 2.75) is 5.92 Å². The molecule has 0 radical (unpaired) electrons. The Labute approximate surface area is 149 Å². The van der Waals surface area contributed by atoms with Crippen LogP contribution in [0, 0.1) is 5.92 Å². The summed E-state index contributed by atoms with van der Waals surface area (Å²) in [5, 5.41) is 0. The van der Waals surface area contributed by atoms with Crippen LogP contribution in [0.4, 0.5) is 0 Å². The van der Waals surface area contributed by atoms with E-state index in [1.54, 1.807) is 0 Å². The van der Waals surface area contributed by atoms with Crippen molar-refractivity contribution < 1.29 is 9.53 Å². The van der Waals surface area contributed by atoms with Gasteiger partial charge in [0, 0.05) is 19.0 Å². The summed E-state index contributed by atoms with van der Waals surface area (Å²) in [5.41, 5.74) is 7.17. The number of hydrogen-bond acceptors (Lipinski definition) is 3. The molecule has 1 aliphatic rings. The lowest BCUT2D eigenvalue weighted by molar-refractivity contribution is -0.132. The Bertz CT molecular complexity index is 636. The van der Waals surface area contributed by atoms with Gasteiger partial charge in [-0.15, -0.1) is 12.4 Å². The molecule has 24 heavy (non-hydrogen) atoms. The molecule has 0 saturated carbocycles. The van der Waals surface area contributed by atoms with E-state index in [9.17, 15) is 4.79 Å². The van der Waals surface area contributed by atoms with E-state index in [1.807, 2.05) is 53.4 Å². The van der Waals surface area contributed by atoms with E-state index in [4.69, 9.17) is 10.5 Å². The number of hydrogen-bond donors (Lipinski definition) is 1. The molecule has 3 rings (SSSR count). The fraction of sp³-hybridized carbons (Fsp3) is 0.316. The van der Waals surface area contributed by atoms with Gasteiger partial charge in [0.2, 0.25) is 0 Å². The molecule has 0 aliphatic carbocycles. The number of carbonyl (C=O) groups excluding carboxylic acids is 1. The SMILES string of the molecule is Cl.NC[C@@H]1CN(C(=O)COc2ccccc2)C[C@H]1c1ccccc1. The van der Waals surface area contributed by atoms with Crippen molar-refractivity contribution in [3.8, 4) is 5.75 Å². The minimum atomic E-state index is 0. The number of nitrogens with zero attached hydrogens (tertiary/aromatic N) is 1. The molecule has 2 atom stereocenters. The van der Waals surface area contributed by atoms with E-state index < -0.39 is 0 Å². The summed E-state index contributed by atoms with van der Waals surface area (Å²) >= 11 is 0. The number of nitrogens with two attached hydrogens (primary N) is 1. The van der Waals surface area contributed by atoms with Gasteiger partial charge >= 0.3 is 0 Å². The lowest BCUT2D eigenvalue weighted by atomic mass is 9.89. The molecule has 4 nitrogen and oxygen atoms in total. The Balaban J connectivity index is 0.00000208. The summed E-state index contributed by atoms with van der Waals surface area (Å²) in [7, 11) is 0. The Morgan fingerprint density at radius 2 is 1.67 bits per heavy atom. The van der Waals surface area contributed by atoms with Crippen molar-refractivity contribution in [2.24, 2.45) is 11.7 Å². The number of amides is 1. The first kappa shape index (κ1) is 18.3. The summed E-state index contributed by atoms with van der Waals surface area (Å²) < 4.78 is 5.57. The van der Waals surface area contributed by atoms with Gasteiger partial charge in [-0.3, -0.25) is 4.79 Å². The number of carbonyl (C=O) groups is 1. The smallest absolute Gasteiger partial charge is 0.260 e. The molecule has 0 unspecified atom stereocenters. The average molecular weight is 347 g/mol. The number of para-hydroxylation sites is 1. The Morgan fingerprint density at radius 3 is 2.29 bits per heavy atom. The van der Waals surface area contributed by atoms with E-state index >= 15 is 0 Å². The standard InChI is InChI=1S/C19H22N2O2.ClH/c20-11-16-12-21(13-18(16)15-7-3-1-4-8-15)19(22)14-23-17-9-5-2-6-10-17;/h1-10,16,18H,11-14,20H2;1H/t16-,18+;/m1./s1. The molecule has 1 aliphatic heterocycles. The van der Waals surface area contributed by atoms with Crippen LogP contribution in [0.1, 0.15) is 11.5 Å². The molecule has 0 spiro atoms. The summed E-state index contributed by atoms with van der Waals surface area (Å²) in [4.78, 5) is 14.3. The maximum atomic E-state index is 12.4. The van der Waals surface area contributed by atoms with Gasteiger partial charge in [0.25, 0.3) is 5.91 Å². The van der Waals surface area contributed by atoms with Crippen LogP contribution in [-0.4, -0.2) is 37.0 Å². The van der Waals surface area contributed by atoms with Crippen LogP contribution in [0.2, 0.25) is 0 Å². The molecule has 1 amide bonds. The van der Waals surface area contributed by atoms with E-state index in [2.05, 4.69) is 12.1 Å². The van der Waals surface area contributed by atoms with Crippen LogP contribution in [0.5, 0.6) is 5.75 Å². The molecular weight excluding hydrogens is 324 g/mol. The second-order valence-corrected chi connectivity index (χ2v) is 5.91. The van der Waals surface area contributed by atoms with Crippen LogP contribution in [0.15, 0.2) is 60.7 Å². The van der Waals surface area contributed by atoms with Crippen LogP contribution in [0.25, 0.3) is 0 Å². The molecule has 2 aromatic carbocycles. The first-order valence-corrected chi connectivity index (χ1v) is 7.98. The lowest BCUT2D eigenvalue weighted by Crippen LogP contribution is -2.33. The van der Waals surface area contributed by atoms with Gasteiger partial charge in [0.05, 0.1) is 0 Å². The number of halogens is 1. The Morgan fingerprint density at radius 1 is 1.04 bits per heavy atom. The lowest BCUT2D eigenvalue weighted by Gasteiger charge is -2.17. The van der Waals surface area contributed by atoms with Crippen molar-refractivity contribution in [1.29, 1.82) is 0 Å². The van der Waals surface area contributed by atoms with Crippen molar-refractivity contribution in [2.75, 3.05) is 26.2 Å². The van der Waals surface area contributed by atoms with Crippen LogP contribution >= 0.6 is 12.4 Å². The van der Waals surface area contributed by atoms with Crippen LogP contribution < -0.4 is 10.5 Å². The number of benzene rings is 2. The highest BCUT2D eigenvalue weighted by Gasteiger charge is 2.35. The summed E-state index contributed by atoms with van der Waals surface area (Å²) in [5.74, 6) is 1.35. The first-order valence-electron chi connectivity index (χ1n) is 7.98. The van der Waals surface area contributed by atoms with Gasteiger partial charge in [-0.1, -0.05) is 48.5 Å². The summed E-state index contributed by atoms with van der Waals surface area (Å²) in [6.45, 7) is 2.07. The normalized spacial score (nSPS) is 19.6. The average Bonchev–Trinajstić information content (AvgIpc) is 3.06.